The van der Waals surface area contributed by atoms with Gasteiger partial charge < -0.3 is 4.90 Å². The van der Waals surface area contributed by atoms with Gasteiger partial charge in [-0.2, -0.15) is 0 Å². The number of piperidine rings is 1. The van der Waals surface area contributed by atoms with Crippen molar-refractivity contribution in [3.63, 3.8) is 0 Å². The minimum atomic E-state index is 0.0190. The van der Waals surface area contributed by atoms with Crippen LogP contribution in [0.1, 0.15) is 73.6 Å². The molecule has 1 aliphatic rings. The molecular formula is C18H33NO2. The Hall–Kier alpha value is -0.860. The molecule has 0 atom stereocenters. The molecule has 0 aromatic rings. The average molecular weight is 295 g/mol. The van der Waals surface area contributed by atoms with E-state index in [0.29, 0.717) is 30.6 Å². The number of amides is 1. The summed E-state index contributed by atoms with van der Waals surface area (Å²) in [6, 6.07) is 0. The van der Waals surface area contributed by atoms with Crippen LogP contribution < -0.4 is 0 Å². The predicted molar refractivity (Wildman–Crippen MR) is 87.1 cm³/mol. The van der Waals surface area contributed by atoms with Crippen molar-refractivity contribution in [3.05, 3.63) is 0 Å². The van der Waals surface area contributed by atoms with Crippen molar-refractivity contribution in [1.82, 2.24) is 4.90 Å². The Morgan fingerprint density at radius 1 is 0.952 bits per heavy atom. The molecule has 1 fully saturated rings. The predicted octanol–water partition coefficient (Wildman–Crippen LogP) is 4.06. The smallest absolute Gasteiger partial charge is 0.223 e. The zero-order valence-corrected chi connectivity index (χ0v) is 14.8. The van der Waals surface area contributed by atoms with Crippen LogP contribution in [0, 0.1) is 16.7 Å². The molecule has 1 heterocycles. The summed E-state index contributed by atoms with van der Waals surface area (Å²) in [6.45, 7) is 14.7. The van der Waals surface area contributed by atoms with Crippen molar-refractivity contribution in [3.8, 4) is 0 Å². The lowest BCUT2D eigenvalue weighted by atomic mass is 9.75. The molecule has 0 aromatic carbocycles. The van der Waals surface area contributed by atoms with Crippen molar-refractivity contribution in [2.75, 3.05) is 13.1 Å². The molecule has 0 aliphatic carbocycles. The Kier molecular flexibility index (Phi) is 6.01. The van der Waals surface area contributed by atoms with Crippen LogP contribution in [0.5, 0.6) is 0 Å². The number of carbonyl (C=O) groups is 2. The van der Waals surface area contributed by atoms with Crippen molar-refractivity contribution in [2.24, 2.45) is 16.7 Å². The van der Waals surface area contributed by atoms with Gasteiger partial charge in [-0.15, -0.1) is 0 Å². The van der Waals surface area contributed by atoms with Crippen molar-refractivity contribution < 1.29 is 9.59 Å². The van der Waals surface area contributed by atoms with E-state index in [4.69, 9.17) is 0 Å². The molecule has 1 aliphatic heterocycles. The molecule has 0 bridgehead atoms. The molecular weight excluding hydrogens is 262 g/mol. The van der Waals surface area contributed by atoms with E-state index in [0.717, 1.165) is 25.9 Å². The number of carbonyl (C=O) groups excluding carboxylic acids is 2. The summed E-state index contributed by atoms with van der Waals surface area (Å²) in [5.41, 5.74) is 0.350. The van der Waals surface area contributed by atoms with E-state index in [1.807, 2.05) is 4.90 Å². The van der Waals surface area contributed by atoms with Crippen LogP contribution >= 0.6 is 0 Å². The highest BCUT2D eigenvalue weighted by Crippen LogP contribution is 2.34. The summed E-state index contributed by atoms with van der Waals surface area (Å²) in [6.07, 6.45) is 3.52. The highest BCUT2D eigenvalue weighted by molar-refractivity contribution is 5.85. The summed E-state index contributed by atoms with van der Waals surface area (Å²) >= 11 is 0. The topological polar surface area (TPSA) is 37.4 Å². The maximum Gasteiger partial charge on any atom is 0.223 e. The van der Waals surface area contributed by atoms with Gasteiger partial charge >= 0.3 is 0 Å². The Morgan fingerprint density at radius 3 is 1.90 bits per heavy atom. The van der Waals surface area contributed by atoms with Crippen LogP contribution in [0.3, 0.4) is 0 Å². The maximum atomic E-state index is 12.2. The van der Waals surface area contributed by atoms with Crippen LogP contribution in [-0.4, -0.2) is 29.7 Å². The first kappa shape index (κ1) is 18.2. The van der Waals surface area contributed by atoms with Crippen LogP contribution in [0.15, 0.2) is 0 Å². The molecule has 1 amide bonds. The van der Waals surface area contributed by atoms with Crippen molar-refractivity contribution in [1.29, 1.82) is 0 Å². The molecule has 1 saturated heterocycles. The highest BCUT2D eigenvalue weighted by atomic mass is 16.2. The Morgan fingerprint density at radius 2 is 1.48 bits per heavy atom. The first-order valence-electron chi connectivity index (χ1n) is 8.28. The third-order valence-corrected chi connectivity index (χ3v) is 4.42. The first-order valence-corrected chi connectivity index (χ1v) is 8.28. The number of rotatable bonds is 4. The Balaban J connectivity index is 2.33. The minimum Gasteiger partial charge on any atom is -0.343 e. The second-order valence-electron chi connectivity index (χ2n) is 8.80. The standard InChI is InChI=1S/C18H33NO2/c1-17(2,3)13-15(20)7-8-16(21)19-11-9-14(10-12-19)18(4,5)6/h14H,7-13H2,1-6H3. The molecule has 0 unspecified atom stereocenters. The van der Waals surface area contributed by atoms with Crippen LogP contribution in [0.2, 0.25) is 0 Å². The lowest BCUT2D eigenvalue weighted by Crippen LogP contribution is -2.41. The van der Waals surface area contributed by atoms with E-state index in [1.165, 1.54) is 0 Å². The van der Waals surface area contributed by atoms with E-state index in [2.05, 4.69) is 41.5 Å². The number of likely N-dealkylation sites (tertiary alicyclic amines) is 1. The molecule has 0 spiro atoms. The normalized spacial score (nSPS) is 17.9. The quantitative estimate of drug-likeness (QED) is 0.784. The lowest BCUT2D eigenvalue weighted by Gasteiger charge is -2.38. The molecule has 21 heavy (non-hydrogen) atoms. The lowest BCUT2D eigenvalue weighted by molar-refractivity contribution is -0.135. The SMILES string of the molecule is CC(C)(C)CC(=O)CCC(=O)N1CCC(C(C)(C)C)CC1. The van der Waals surface area contributed by atoms with Gasteiger partial charge in [0.2, 0.25) is 5.91 Å². The van der Waals surface area contributed by atoms with Crippen molar-refractivity contribution >= 4 is 11.7 Å². The minimum absolute atomic E-state index is 0.0190. The molecule has 122 valence electrons. The van der Waals surface area contributed by atoms with Gasteiger partial charge in [0.05, 0.1) is 0 Å². The van der Waals surface area contributed by atoms with Gasteiger partial charge in [0.15, 0.2) is 0 Å². The zero-order valence-electron chi connectivity index (χ0n) is 14.8. The van der Waals surface area contributed by atoms with Gasteiger partial charge in [-0.25, -0.2) is 0 Å². The Bertz CT molecular complexity index is 366. The molecule has 0 radical (unpaired) electrons. The highest BCUT2D eigenvalue weighted by Gasteiger charge is 2.30. The molecule has 0 saturated carbocycles. The maximum absolute atomic E-state index is 12.2. The number of nitrogens with zero attached hydrogens (tertiary/aromatic N) is 1. The molecule has 3 nitrogen and oxygen atoms in total. The fourth-order valence-corrected chi connectivity index (χ4v) is 3.08. The van der Waals surface area contributed by atoms with Crippen LogP contribution in [0.25, 0.3) is 0 Å². The van der Waals surface area contributed by atoms with E-state index in [-0.39, 0.29) is 17.1 Å². The largest absolute Gasteiger partial charge is 0.343 e. The van der Waals surface area contributed by atoms with E-state index in [1.54, 1.807) is 0 Å². The van der Waals surface area contributed by atoms with Gasteiger partial charge in [0, 0.05) is 32.4 Å². The molecule has 0 N–H and O–H groups in total. The van der Waals surface area contributed by atoms with Crippen LogP contribution in [0.4, 0.5) is 0 Å². The fraction of sp³-hybridized carbons (Fsp3) is 0.889. The summed E-state index contributed by atoms with van der Waals surface area (Å²) in [4.78, 5) is 26.0. The van der Waals surface area contributed by atoms with Gasteiger partial charge in [0.1, 0.15) is 5.78 Å². The van der Waals surface area contributed by atoms with E-state index in [9.17, 15) is 9.59 Å². The second-order valence-corrected chi connectivity index (χ2v) is 8.80. The van der Waals surface area contributed by atoms with E-state index >= 15 is 0 Å². The first-order chi connectivity index (χ1) is 9.49. The van der Waals surface area contributed by atoms with Gasteiger partial charge in [-0.05, 0) is 29.6 Å². The van der Waals surface area contributed by atoms with Crippen LogP contribution in [-0.2, 0) is 9.59 Å². The summed E-state index contributed by atoms with van der Waals surface area (Å²) in [7, 11) is 0. The number of ketones is 1. The zero-order chi connectivity index (χ0) is 16.3. The second kappa shape index (κ2) is 6.93. The fourth-order valence-electron chi connectivity index (χ4n) is 3.08. The van der Waals surface area contributed by atoms with E-state index < -0.39 is 0 Å². The molecule has 1 rings (SSSR count). The molecule has 3 heteroatoms. The monoisotopic (exact) mass is 295 g/mol. The number of hydrogen-bond acceptors (Lipinski definition) is 2. The number of hydrogen-bond donors (Lipinski definition) is 0. The third-order valence-electron chi connectivity index (χ3n) is 4.42. The average Bonchev–Trinajstić information content (AvgIpc) is 2.33. The van der Waals surface area contributed by atoms with Crippen molar-refractivity contribution in [2.45, 2.75) is 73.6 Å². The summed E-state index contributed by atoms with van der Waals surface area (Å²) in [5.74, 6) is 1.06. The number of Topliss-reactive ketones (excluding diaryl/α,β-unsaturated/α-hetero) is 1. The molecule has 0 aromatic heterocycles. The summed E-state index contributed by atoms with van der Waals surface area (Å²) in [5, 5.41) is 0. The third kappa shape index (κ3) is 6.62. The van der Waals surface area contributed by atoms with Gasteiger partial charge in [0.25, 0.3) is 0 Å². The Labute approximate surface area is 130 Å². The summed E-state index contributed by atoms with van der Waals surface area (Å²) < 4.78 is 0. The van der Waals surface area contributed by atoms with Gasteiger partial charge in [-0.3, -0.25) is 9.59 Å². The van der Waals surface area contributed by atoms with Gasteiger partial charge in [-0.1, -0.05) is 41.5 Å².